The topological polar surface area (TPSA) is 44.4 Å². The highest BCUT2D eigenvalue weighted by atomic mass is 16.2. The lowest BCUT2D eigenvalue weighted by atomic mass is 10.0. The molecule has 0 aromatic heterocycles. The SMILES string of the molecule is CCNC(C)c1ccc2c(c1)CCN2CC(=O)NC(C)C. The van der Waals surface area contributed by atoms with Crippen LogP contribution in [0.2, 0.25) is 0 Å². The fraction of sp³-hybridized carbons (Fsp3) is 0.588. The van der Waals surface area contributed by atoms with E-state index in [0.29, 0.717) is 12.6 Å². The van der Waals surface area contributed by atoms with Gasteiger partial charge in [-0.2, -0.15) is 0 Å². The van der Waals surface area contributed by atoms with Gasteiger partial charge >= 0.3 is 0 Å². The highest BCUT2D eigenvalue weighted by Crippen LogP contribution is 2.30. The third-order valence-corrected chi connectivity index (χ3v) is 3.89. The molecule has 1 amide bonds. The van der Waals surface area contributed by atoms with Crippen LogP contribution in [0, 0.1) is 0 Å². The Morgan fingerprint density at radius 1 is 1.33 bits per heavy atom. The van der Waals surface area contributed by atoms with Crippen LogP contribution >= 0.6 is 0 Å². The Labute approximate surface area is 127 Å². The van der Waals surface area contributed by atoms with E-state index >= 15 is 0 Å². The van der Waals surface area contributed by atoms with Crippen molar-refractivity contribution in [3.63, 3.8) is 0 Å². The van der Waals surface area contributed by atoms with Crippen molar-refractivity contribution in [2.75, 3.05) is 24.5 Å². The maximum Gasteiger partial charge on any atom is 0.239 e. The van der Waals surface area contributed by atoms with Gasteiger partial charge in [0.05, 0.1) is 6.54 Å². The predicted octanol–water partition coefficient (Wildman–Crippen LogP) is 2.24. The zero-order chi connectivity index (χ0) is 15.4. The second kappa shape index (κ2) is 6.94. The van der Waals surface area contributed by atoms with Crippen LogP contribution in [0.5, 0.6) is 0 Å². The van der Waals surface area contributed by atoms with Gasteiger partial charge in [-0.05, 0) is 50.9 Å². The first-order valence-corrected chi connectivity index (χ1v) is 7.91. The lowest BCUT2D eigenvalue weighted by molar-refractivity contribution is -0.120. The van der Waals surface area contributed by atoms with Crippen LogP contribution in [0.4, 0.5) is 5.69 Å². The third-order valence-electron chi connectivity index (χ3n) is 3.89. The molecule has 4 heteroatoms. The van der Waals surface area contributed by atoms with Crippen molar-refractivity contribution in [1.82, 2.24) is 10.6 Å². The minimum Gasteiger partial charge on any atom is -0.362 e. The predicted molar refractivity (Wildman–Crippen MR) is 87.7 cm³/mol. The molecule has 1 unspecified atom stereocenters. The van der Waals surface area contributed by atoms with Crippen molar-refractivity contribution in [2.45, 2.75) is 46.2 Å². The molecule has 1 aliphatic rings. The number of nitrogens with one attached hydrogen (secondary N) is 2. The van der Waals surface area contributed by atoms with Crippen molar-refractivity contribution < 1.29 is 4.79 Å². The van der Waals surface area contributed by atoms with E-state index in [0.717, 1.165) is 19.5 Å². The lowest BCUT2D eigenvalue weighted by Crippen LogP contribution is -2.39. The molecular formula is C17H27N3O. The zero-order valence-electron chi connectivity index (χ0n) is 13.6. The number of rotatable bonds is 6. The Hall–Kier alpha value is -1.55. The largest absolute Gasteiger partial charge is 0.362 e. The summed E-state index contributed by atoms with van der Waals surface area (Å²) in [7, 11) is 0. The molecule has 0 spiro atoms. The molecule has 0 saturated carbocycles. The van der Waals surface area contributed by atoms with Gasteiger partial charge in [-0.3, -0.25) is 4.79 Å². The van der Waals surface area contributed by atoms with Crippen molar-refractivity contribution >= 4 is 11.6 Å². The minimum absolute atomic E-state index is 0.0999. The summed E-state index contributed by atoms with van der Waals surface area (Å²) >= 11 is 0. The van der Waals surface area contributed by atoms with Crippen LogP contribution in [0.3, 0.4) is 0 Å². The van der Waals surface area contributed by atoms with Crippen molar-refractivity contribution in [2.24, 2.45) is 0 Å². The average molecular weight is 289 g/mol. The molecule has 116 valence electrons. The molecule has 0 aliphatic carbocycles. The Morgan fingerprint density at radius 3 is 2.76 bits per heavy atom. The van der Waals surface area contributed by atoms with E-state index in [-0.39, 0.29) is 11.9 Å². The maximum atomic E-state index is 11.9. The number of carbonyl (C=O) groups is 1. The third kappa shape index (κ3) is 3.97. The normalized spacial score (nSPS) is 15.2. The molecule has 1 atom stereocenters. The molecule has 1 aromatic carbocycles. The summed E-state index contributed by atoms with van der Waals surface area (Å²) in [5, 5.41) is 6.40. The monoisotopic (exact) mass is 289 g/mol. The molecule has 0 saturated heterocycles. The Kier molecular flexibility index (Phi) is 5.23. The number of amides is 1. The molecule has 2 N–H and O–H groups in total. The van der Waals surface area contributed by atoms with E-state index < -0.39 is 0 Å². The lowest BCUT2D eigenvalue weighted by Gasteiger charge is -2.20. The van der Waals surface area contributed by atoms with Gasteiger partial charge in [0.25, 0.3) is 0 Å². The van der Waals surface area contributed by atoms with E-state index in [2.05, 4.69) is 47.6 Å². The van der Waals surface area contributed by atoms with Gasteiger partial charge in [0, 0.05) is 24.3 Å². The van der Waals surface area contributed by atoms with Crippen molar-refractivity contribution in [3.8, 4) is 0 Å². The molecule has 0 fully saturated rings. The number of benzene rings is 1. The summed E-state index contributed by atoms with van der Waals surface area (Å²) in [6, 6.07) is 7.18. The van der Waals surface area contributed by atoms with E-state index in [1.54, 1.807) is 0 Å². The molecule has 0 radical (unpaired) electrons. The van der Waals surface area contributed by atoms with E-state index in [1.165, 1.54) is 16.8 Å². The highest BCUT2D eigenvalue weighted by Gasteiger charge is 2.22. The minimum atomic E-state index is 0.0999. The van der Waals surface area contributed by atoms with Crippen LogP contribution < -0.4 is 15.5 Å². The zero-order valence-corrected chi connectivity index (χ0v) is 13.6. The van der Waals surface area contributed by atoms with Crippen LogP contribution in [-0.2, 0) is 11.2 Å². The first-order valence-electron chi connectivity index (χ1n) is 7.91. The highest BCUT2D eigenvalue weighted by molar-refractivity contribution is 5.82. The molecule has 2 rings (SSSR count). The van der Waals surface area contributed by atoms with Gasteiger partial charge in [0.1, 0.15) is 0 Å². The molecule has 0 bridgehead atoms. The van der Waals surface area contributed by atoms with Gasteiger partial charge < -0.3 is 15.5 Å². The summed E-state index contributed by atoms with van der Waals surface area (Å²) in [5.41, 5.74) is 3.89. The second-order valence-corrected chi connectivity index (χ2v) is 6.06. The van der Waals surface area contributed by atoms with Crippen LogP contribution in [-0.4, -0.2) is 31.6 Å². The maximum absolute atomic E-state index is 11.9. The summed E-state index contributed by atoms with van der Waals surface area (Å²) in [4.78, 5) is 14.1. The average Bonchev–Trinajstić information content (AvgIpc) is 2.80. The van der Waals surface area contributed by atoms with Gasteiger partial charge in [0.2, 0.25) is 5.91 Å². The van der Waals surface area contributed by atoms with Crippen LogP contribution in [0.25, 0.3) is 0 Å². The van der Waals surface area contributed by atoms with Gasteiger partial charge in [-0.1, -0.05) is 19.1 Å². The number of nitrogens with zero attached hydrogens (tertiary/aromatic N) is 1. The molecule has 21 heavy (non-hydrogen) atoms. The number of carbonyl (C=O) groups excluding carboxylic acids is 1. The summed E-state index contributed by atoms with van der Waals surface area (Å²) in [5.74, 6) is 0.0999. The second-order valence-electron chi connectivity index (χ2n) is 6.06. The van der Waals surface area contributed by atoms with Crippen molar-refractivity contribution in [3.05, 3.63) is 29.3 Å². The van der Waals surface area contributed by atoms with E-state index in [4.69, 9.17) is 0 Å². The van der Waals surface area contributed by atoms with Gasteiger partial charge in [-0.15, -0.1) is 0 Å². The van der Waals surface area contributed by atoms with Crippen molar-refractivity contribution in [1.29, 1.82) is 0 Å². The Bertz CT molecular complexity index is 499. The van der Waals surface area contributed by atoms with Crippen LogP contribution in [0.1, 0.15) is 44.9 Å². The van der Waals surface area contributed by atoms with Gasteiger partial charge in [-0.25, -0.2) is 0 Å². The fourth-order valence-corrected chi connectivity index (χ4v) is 2.89. The number of anilines is 1. The molecule has 4 nitrogen and oxygen atoms in total. The standard InChI is InChI=1S/C17H27N3O/c1-5-18-13(4)14-6-7-16-15(10-14)8-9-20(16)11-17(21)19-12(2)3/h6-7,10,12-13,18H,5,8-9,11H2,1-4H3,(H,19,21). The molecular weight excluding hydrogens is 262 g/mol. The summed E-state index contributed by atoms with van der Waals surface area (Å²) in [6.07, 6.45) is 1.02. The smallest absolute Gasteiger partial charge is 0.239 e. The van der Waals surface area contributed by atoms with Gasteiger partial charge in [0.15, 0.2) is 0 Å². The first-order chi connectivity index (χ1) is 10.0. The summed E-state index contributed by atoms with van der Waals surface area (Å²) in [6.45, 7) is 10.6. The van der Waals surface area contributed by atoms with E-state index in [1.807, 2.05) is 13.8 Å². The molecule has 1 heterocycles. The summed E-state index contributed by atoms with van der Waals surface area (Å²) < 4.78 is 0. The number of hydrogen-bond acceptors (Lipinski definition) is 3. The Balaban J connectivity index is 2.05. The molecule has 1 aromatic rings. The number of hydrogen-bond donors (Lipinski definition) is 2. The van der Waals surface area contributed by atoms with Crippen LogP contribution in [0.15, 0.2) is 18.2 Å². The fourth-order valence-electron chi connectivity index (χ4n) is 2.89. The Morgan fingerprint density at radius 2 is 2.10 bits per heavy atom. The quantitative estimate of drug-likeness (QED) is 0.844. The first kappa shape index (κ1) is 15.8. The number of fused-ring (bicyclic) bond motifs is 1. The van der Waals surface area contributed by atoms with E-state index in [9.17, 15) is 4.79 Å². The molecule has 1 aliphatic heterocycles.